The van der Waals surface area contributed by atoms with Crippen molar-refractivity contribution in [3.8, 4) is 0 Å². The van der Waals surface area contributed by atoms with E-state index in [2.05, 4.69) is 12.2 Å². The molecule has 26 heavy (non-hydrogen) atoms. The second kappa shape index (κ2) is 9.51. The van der Waals surface area contributed by atoms with Crippen LogP contribution >= 0.6 is 0 Å². The lowest BCUT2D eigenvalue weighted by atomic mass is 10.0. The van der Waals surface area contributed by atoms with Gasteiger partial charge >= 0.3 is 0 Å². The molecule has 2 amide bonds. The Hall–Kier alpha value is -2.17. The Bertz CT molecular complexity index is 637. The smallest absolute Gasteiger partial charge is 0.223 e. The van der Waals surface area contributed by atoms with Gasteiger partial charge in [-0.05, 0) is 24.8 Å². The molecule has 5 heteroatoms. The number of rotatable bonds is 7. The summed E-state index contributed by atoms with van der Waals surface area (Å²) in [7, 11) is 0. The molecule has 0 aliphatic carbocycles. The number of carbonyl (C=O) groups is 3. The maximum absolute atomic E-state index is 12.5. The van der Waals surface area contributed by atoms with Crippen molar-refractivity contribution in [2.45, 2.75) is 58.9 Å². The predicted molar refractivity (Wildman–Crippen MR) is 102 cm³/mol. The number of hydrogen-bond donors (Lipinski definition) is 1. The maximum atomic E-state index is 12.5. The number of aryl methyl sites for hydroxylation is 1. The third kappa shape index (κ3) is 5.68. The number of ketones is 1. The summed E-state index contributed by atoms with van der Waals surface area (Å²) in [6, 6.07) is 7.61. The normalized spacial score (nSPS) is 17.2. The molecule has 0 radical (unpaired) electrons. The third-order valence-electron chi connectivity index (χ3n) is 4.89. The van der Waals surface area contributed by atoms with Crippen molar-refractivity contribution in [1.82, 2.24) is 10.2 Å². The van der Waals surface area contributed by atoms with Crippen LogP contribution in [0.25, 0.3) is 0 Å². The number of nitrogens with zero attached hydrogens (tertiary/aromatic N) is 1. The van der Waals surface area contributed by atoms with Gasteiger partial charge in [-0.3, -0.25) is 14.4 Å². The summed E-state index contributed by atoms with van der Waals surface area (Å²) in [6.45, 7) is 7.04. The largest absolute Gasteiger partial charge is 0.351 e. The molecule has 1 aliphatic heterocycles. The number of nitrogens with one attached hydrogen (secondary N) is 1. The summed E-state index contributed by atoms with van der Waals surface area (Å²) in [5, 5.41) is 3.00. The van der Waals surface area contributed by atoms with Crippen LogP contribution < -0.4 is 5.32 Å². The fraction of sp³-hybridized carbons (Fsp3) is 0.571. The van der Waals surface area contributed by atoms with Crippen LogP contribution in [0, 0.1) is 5.92 Å². The molecule has 5 nitrogen and oxygen atoms in total. The highest BCUT2D eigenvalue weighted by Gasteiger charge is 2.25. The number of carbonyl (C=O) groups excluding carboxylic acids is 3. The summed E-state index contributed by atoms with van der Waals surface area (Å²) in [6.07, 6.45) is 3.16. The van der Waals surface area contributed by atoms with Gasteiger partial charge in [-0.2, -0.15) is 0 Å². The summed E-state index contributed by atoms with van der Waals surface area (Å²) >= 11 is 0. The van der Waals surface area contributed by atoms with E-state index in [1.54, 1.807) is 4.90 Å². The molecule has 0 aromatic heterocycles. The molecule has 1 heterocycles. The van der Waals surface area contributed by atoms with Gasteiger partial charge in [0.2, 0.25) is 11.8 Å². The number of benzene rings is 1. The molecule has 1 aromatic carbocycles. The second-order valence-electron chi connectivity index (χ2n) is 7.32. The van der Waals surface area contributed by atoms with Crippen LogP contribution in [0.3, 0.4) is 0 Å². The van der Waals surface area contributed by atoms with E-state index in [-0.39, 0.29) is 42.4 Å². The summed E-state index contributed by atoms with van der Waals surface area (Å²) in [5.74, 6) is -0.0394. The molecule has 1 aromatic rings. The van der Waals surface area contributed by atoms with Crippen molar-refractivity contribution >= 4 is 17.6 Å². The SMILES string of the molecule is CCc1ccc(C(=O)CCC(=O)N2CCCC(NC(=O)C(C)C)C2)cc1. The van der Waals surface area contributed by atoms with Crippen molar-refractivity contribution < 1.29 is 14.4 Å². The third-order valence-corrected chi connectivity index (χ3v) is 4.89. The Labute approximate surface area is 156 Å². The van der Waals surface area contributed by atoms with Gasteiger partial charge in [0.15, 0.2) is 5.78 Å². The first-order valence-corrected chi connectivity index (χ1v) is 9.61. The second-order valence-corrected chi connectivity index (χ2v) is 7.32. The molecular weight excluding hydrogens is 328 g/mol. The average Bonchev–Trinajstić information content (AvgIpc) is 2.66. The molecule has 1 aliphatic rings. The average molecular weight is 358 g/mol. The maximum Gasteiger partial charge on any atom is 0.223 e. The summed E-state index contributed by atoms with van der Waals surface area (Å²) in [4.78, 5) is 38.4. The zero-order chi connectivity index (χ0) is 19.1. The fourth-order valence-corrected chi connectivity index (χ4v) is 3.14. The number of amides is 2. The van der Waals surface area contributed by atoms with Crippen LogP contribution in [0.1, 0.15) is 62.4 Å². The van der Waals surface area contributed by atoms with Crippen molar-refractivity contribution in [3.05, 3.63) is 35.4 Å². The number of hydrogen-bond acceptors (Lipinski definition) is 3. The summed E-state index contributed by atoms with van der Waals surface area (Å²) < 4.78 is 0. The molecule has 2 rings (SSSR count). The van der Waals surface area contributed by atoms with Gasteiger partial charge in [-0.15, -0.1) is 0 Å². The zero-order valence-corrected chi connectivity index (χ0v) is 16.1. The van der Waals surface area contributed by atoms with Crippen LogP contribution in [-0.4, -0.2) is 41.6 Å². The lowest BCUT2D eigenvalue weighted by Crippen LogP contribution is -2.50. The fourth-order valence-electron chi connectivity index (χ4n) is 3.14. The molecule has 1 atom stereocenters. The lowest BCUT2D eigenvalue weighted by molar-refractivity contribution is -0.134. The summed E-state index contributed by atoms with van der Waals surface area (Å²) in [5.41, 5.74) is 1.86. The molecule has 1 N–H and O–H groups in total. The van der Waals surface area contributed by atoms with Gasteiger partial charge in [-0.1, -0.05) is 45.0 Å². The minimum Gasteiger partial charge on any atom is -0.351 e. The van der Waals surface area contributed by atoms with Gasteiger partial charge in [-0.25, -0.2) is 0 Å². The van der Waals surface area contributed by atoms with Crippen molar-refractivity contribution in [3.63, 3.8) is 0 Å². The van der Waals surface area contributed by atoms with Crippen molar-refractivity contribution in [1.29, 1.82) is 0 Å². The van der Waals surface area contributed by atoms with E-state index in [0.717, 1.165) is 19.3 Å². The van der Waals surface area contributed by atoms with Crippen molar-refractivity contribution in [2.75, 3.05) is 13.1 Å². The Morgan fingerprint density at radius 1 is 1.15 bits per heavy atom. The molecule has 1 saturated heterocycles. The van der Waals surface area contributed by atoms with Gasteiger partial charge in [0, 0.05) is 43.5 Å². The molecular formula is C21H30N2O3. The molecule has 0 saturated carbocycles. The number of piperidine rings is 1. The van der Waals surface area contributed by atoms with E-state index in [4.69, 9.17) is 0 Å². The number of likely N-dealkylation sites (tertiary alicyclic amines) is 1. The molecule has 0 spiro atoms. The first-order valence-electron chi connectivity index (χ1n) is 9.61. The van der Waals surface area contributed by atoms with E-state index in [0.29, 0.717) is 18.7 Å². The Balaban J connectivity index is 1.82. The van der Waals surface area contributed by atoms with Crippen LogP contribution in [0.4, 0.5) is 0 Å². The minimum absolute atomic E-state index is 0.00248. The topological polar surface area (TPSA) is 66.5 Å². The monoisotopic (exact) mass is 358 g/mol. The van der Waals surface area contributed by atoms with Crippen LogP contribution in [0.15, 0.2) is 24.3 Å². The van der Waals surface area contributed by atoms with Crippen molar-refractivity contribution in [2.24, 2.45) is 5.92 Å². The molecule has 0 bridgehead atoms. The highest BCUT2D eigenvalue weighted by Crippen LogP contribution is 2.14. The van der Waals surface area contributed by atoms with Gasteiger partial charge < -0.3 is 10.2 Å². The van der Waals surface area contributed by atoms with Crippen LogP contribution in [-0.2, 0) is 16.0 Å². The van der Waals surface area contributed by atoms with Gasteiger partial charge in [0.1, 0.15) is 0 Å². The molecule has 142 valence electrons. The molecule has 1 fully saturated rings. The lowest BCUT2D eigenvalue weighted by Gasteiger charge is -2.33. The van der Waals surface area contributed by atoms with E-state index >= 15 is 0 Å². The van der Waals surface area contributed by atoms with Gasteiger partial charge in [0.25, 0.3) is 0 Å². The highest BCUT2D eigenvalue weighted by atomic mass is 16.2. The van der Waals surface area contributed by atoms with Crippen LogP contribution in [0.5, 0.6) is 0 Å². The quantitative estimate of drug-likeness (QED) is 0.762. The van der Waals surface area contributed by atoms with E-state index < -0.39 is 0 Å². The van der Waals surface area contributed by atoms with Gasteiger partial charge in [0.05, 0.1) is 0 Å². The standard InChI is InChI=1S/C21H30N2O3/c1-4-16-7-9-17(10-8-16)19(24)11-12-20(25)23-13-5-6-18(14-23)22-21(26)15(2)3/h7-10,15,18H,4-6,11-14H2,1-3H3,(H,22,26). The predicted octanol–water partition coefficient (Wildman–Crippen LogP) is 2.98. The number of Topliss-reactive ketones (excluding diaryl/α,β-unsaturated/α-hetero) is 1. The first-order chi connectivity index (χ1) is 12.4. The van der Waals surface area contributed by atoms with E-state index in [1.807, 2.05) is 38.1 Å². The highest BCUT2D eigenvalue weighted by molar-refractivity contribution is 5.98. The molecule has 1 unspecified atom stereocenters. The Kier molecular flexibility index (Phi) is 7.37. The Morgan fingerprint density at radius 3 is 2.46 bits per heavy atom. The Morgan fingerprint density at radius 2 is 1.85 bits per heavy atom. The first kappa shape index (κ1) is 20.1. The minimum atomic E-state index is -0.0576. The van der Waals surface area contributed by atoms with E-state index in [9.17, 15) is 14.4 Å². The van der Waals surface area contributed by atoms with E-state index in [1.165, 1.54) is 5.56 Å². The van der Waals surface area contributed by atoms with Crippen LogP contribution in [0.2, 0.25) is 0 Å². The zero-order valence-electron chi connectivity index (χ0n) is 16.1.